The van der Waals surface area contributed by atoms with Gasteiger partial charge in [0, 0.05) is 13.1 Å². The van der Waals surface area contributed by atoms with E-state index in [1.54, 1.807) is 4.31 Å². The van der Waals surface area contributed by atoms with E-state index in [4.69, 9.17) is 0 Å². The first-order chi connectivity index (χ1) is 8.19. The smallest absolute Gasteiger partial charge is 0.211 e. The lowest BCUT2D eigenvalue weighted by Gasteiger charge is -2.38. The highest BCUT2D eigenvalue weighted by Crippen LogP contribution is 2.33. The molecule has 0 aliphatic carbocycles. The molecule has 0 aromatic carbocycles. The molecule has 1 aliphatic heterocycles. The fraction of sp³-hybridized carbons (Fsp3) is 1.00. The second-order valence-electron chi connectivity index (χ2n) is 5.95. The third-order valence-electron chi connectivity index (χ3n) is 4.28. The molecule has 108 valence electrons. The van der Waals surface area contributed by atoms with E-state index < -0.39 is 15.6 Å². The minimum atomic E-state index is -3.09. The van der Waals surface area contributed by atoms with Crippen LogP contribution in [0.4, 0.5) is 0 Å². The third kappa shape index (κ3) is 3.93. The molecule has 0 amide bonds. The maximum atomic E-state index is 11.6. The van der Waals surface area contributed by atoms with Gasteiger partial charge in [0.2, 0.25) is 10.0 Å². The van der Waals surface area contributed by atoms with Gasteiger partial charge < -0.3 is 5.11 Å². The van der Waals surface area contributed by atoms with Crippen LogP contribution in [-0.2, 0) is 10.0 Å². The lowest BCUT2D eigenvalue weighted by molar-refractivity contribution is -0.0354. The van der Waals surface area contributed by atoms with Gasteiger partial charge in [0.05, 0.1) is 11.9 Å². The Balaban J connectivity index is 2.68. The topological polar surface area (TPSA) is 57.6 Å². The highest BCUT2D eigenvalue weighted by Gasteiger charge is 2.35. The Morgan fingerprint density at radius 1 is 1.44 bits per heavy atom. The monoisotopic (exact) mass is 277 g/mol. The van der Waals surface area contributed by atoms with Crippen molar-refractivity contribution >= 4 is 10.0 Å². The van der Waals surface area contributed by atoms with Crippen LogP contribution in [0.2, 0.25) is 0 Å². The minimum Gasteiger partial charge on any atom is -0.390 e. The summed E-state index contributed by atoms with van der Waals surface area (Å²) in [5.41, 5.74) is -0.662. The van der Waals surface area contributed by atoms with E-state index in [-0.39, 0.29) is 11.8 Å². The maximum Gasteiger partial charge on any atom is 0.211 e. The summed E-state index contributed by atoms with van der Waals surface area (Å²) in [6.45, 7) is 7.24. The van der Waals surface area contributed by atoms with E-state index in [2.05, 4.69) is 0 Å². The molecule has 1 aliphatic rings. The molecule has 0 aromatic rings. The molecule has 0 bridgehead atoms. The molecule has 0 aromatic heterocycles. The summed E-state index contributed by atoms with van der Waals surface area (Å²) in [6, 6.07) is 0. The van der Waals surface area contributed by atoms with Gasteiger partial charge in [-0.05, 0) is 37.5 Å². The maximum absolute atomic E-state index is 11.6. The van der Waals surface area contributed by atoms with Crippen LogP contribution >= 0.6 is 0 Å². The molecule has 2 atom stereocenters. The third-order valence-corrected chi connectivity index (χ3v) is 5.55. The Morgan fingerprint density at radius 2 is 2.06 bits per heavy atom. The Kier molecular flexibility index (Phi) is 5.21. The molecule has 1 fully saturated rings. The van der Waals surface area contributed by atoms with E-state index in [1.807, 2.05) is 20.8 Å². The summed E-state index contributed by atoms with van der Waals surface area (Å²) in [4.78, 5) is 0. The molecule has 5 heteroatoms. The fourth-order valence-corrected chi connectivity index (χ4v) is 3.73. The van der Waals surface area contributed by atoms with Gasteiger partial charge in [-0.2, -0.15) is 0 Å². The van der Waals surface area contributed by atoms with Gasteiger partial charge in [0.15, 0.2) is 0 Å². The number of aliphatic hydroxyl groups is 1. The highest BCUT2D eigenvalue weighted by atomic mass is 32.2. The average molecular weight is 277 g/mol. The second-order valence-corrected chi connectivity index (χ2v) is 7.93. The Hall–Kier alpha value is -0.130. The molecule has 0 radical (unpaired) electrons. The van der Waals surface area contributed by atoms with Crippen molar-refractivity contribution < 1.29 is 13.5 Å². The number of hydrogen-bond acceptors (Lipinski definition) is 3. The zero-order valence-electron chi connectivity index (χ0n) is 12.0. The molecule has 0 saturated carbocycles. The molecular formula is C13H27NO3S. The van der Waals surface area contributed by atoms with E-state index in [0.29, 0.717) is 19.5 Å². The van der Waals surface area contributed by atoms with Gasteiger partial charge in [0.1, 0.15) is 0 Å². The van der Waals surface area contributed by atoms with Gasteiger partial charge in [-0.1, -0.05) is 20.8 Å². The highest BCUT2D eigenvalue weighted by molar-refractivity contribution is 7.88. The Morgan fingerprint density at radius 3 is 2.50 bits per heavy atom. The van der Waals surface area contributed by atoms with Crippen LogP contribution in [0, 0.1) is 11.8 Å². The van der Waals surface area contributed by atoms with Gasteiger partial charge in [-0.3, -0.25) is 0 Å². The first-order valence-corrected chi connectivity index (χ1v) is 8.71. The van der Waals surface area contributed by atoms with E-state index in [9.17, 15) is 13.5 Å². The van der Waals surface area contributed by atoms with Gasteiger partial charge in [-0.15, -0.1) is 0 Å². The van der Waals surface area contributed by atoms with E-state index >= 15 is 0 Å². The summed E-state index contributed by atoms with van der Waals surface area (Å²) in [7, 11) is -3.09. The zero-order valence-corrected chi connectivity index (χ0v) is 12.8. The normalized spacial score (nSPS) is 26.2. The predicted molar refractivity (Wildman–Crippen MR) is 73.8 cm³/mol. The van der Waals surface area contributed by atoms with Crippen molar-refractivity contribution in [2.45, 2.75) is 52.1 Å². The Labute approximate surface area is 111 Å². The van der Waals surface area contributed by atoms with Crippen molar-refractivity contribution in [3.63, 3.8) is 0 Å². The second kappa shape index (κ2) is 5.88. The fourth-order valence-electron chi connectivity index (χ4n) is 2.78. The summed E-state index contributed by atoms with van der Waals surface area (Å²) in [5.74, 6) is 0.483. The molecular weight excluding hydrogens is 250 g/mol. The quantitative estimate of drug-likeness (QED) is 0.834. The van der Waals surface area contributed by atoms with Gasteiger partial charge in [-0.25, -0.2) is 12.7 Å². The van der Waals surface area contributed by atoms with Crippen LogP contribution in [0.5, 0.6) is 0 Å². The van der Waals surface area contributed by atoms with Gasteiger partial charge in [0.25, 0.3) is 0 Å². The largest absolute Gasteiger partial charge is 0.390 e. The molecule has 1 saturated heterocycles. The number of piperidine rings is 1. The first-order valence-electron chi connectivity index (χ1n) is 6.86. The van der Waals surface area contributed by atoms with E-state index in [1.165, 1.54) is 6.26 Å². The average Bonchev–Trinajstić information content (AvgIpc) is 2.28. The molecule has 0 spiro atoms. The molecule has 4 nitrogen and oxygen atoms in total. The minimum absolute atomic E-state index is 0.205. The van der Waals surface area contributed by atoms with Crippen molar-refractivity contribution in [2.75, 3.05) is 19.3 Å². The lowest BCUT2D eigenvalue weighted by atomic mass is 9.78. The van der Waals surface area contributed by atoms with Crippen LogP contribution in [0.15, 0.2) is 0 Å². The van der Waals surface area contributed by atoms with Crippen LogP contribution in [0.3, 0.4) is 0 Å². The summed E-state index contributed by atoms with van der Waals surface area (Å²) in [6.07, 6.45) is 4.60. The lowest BCUT2D eigenvalue weighted by Crippen LogP contribution is -2.44. The SMILES string of the molecule is CCC(O)(CC1CCCN(S(C)(=O)=O)C1)C(C)C. The van der Waals surface area contributed by atoms with Crippen molar-refractivity contribution in [3.8, 4) is 0 Å². The van der Waals surface area contributed by atoms with Crippen LogP contribution < -0.4 is 0 Å². The van der Waals surface area contributed by atoms with Crippen molar-refractivity contribution in [3.05, 3.63) is 0 Å². The molecule has 2 unspecified atom stereocenters. The molecule has 1 N–H and O–H groups in total. The Bertz CT molecular complexity index is 366. The van der Waals surface area contributed by atoms with Gasteiger partial charge >= 0.3 is 0 Å². The summed E-state index contributed by atoms with van der Waals surface area (Å²) < 4.78 is 24.7. The number of hydrogen-bond donors (Lipinski definition) is 1. The standard InChI is InChI=1S/C13H27NO3S/c1-5-13(15,11(2)3)9-12-7-6-8-14(10-12)18(4,16)17/h11-12,15H,5-10H2,1-4H3. The molecule has 18 heavy (non-hydrogen) atoms. The van der Waals surface area contributed by atoms with Crippen molar-refractivity contribution in [1.29, 1.82) is 0 Å². The number of sulfonamides is 1. The zero-order chi connectivity index (χ0) is 14.0. The van der Waals surface area contributed by atoms with Crippen molar-refractivity contribution in [2.24, 2.45) is 11.8 Å². The van der Waals surface area contributed by atoms with Crippen LogP contribution in [-0.4, -0.2) is 42.8 Å². The number of rotatable bonds is 5. The first kappa shape index (κ1) is 15.9. The van der Waals surface area contributed by atoms with E-state index in [0.717, 1.165) is 19.3 Å². The van der Waals surface area contributed by atoms with Crippen molar-refractivity contribution in [1.82, 2.24) is 4.31 Å². The predicted octanol–water partition coefficient (Wildman–Crippen LogP) is 1.85. The number of nitrogens with zero attached hydrogens (tertiary/aromatic N) is 1. The summed E-state index contributed by atoms with van der Waals surface area (Å²) in [5, 5.41) is 10.6. The summed E-state index contributed by atoms with van der Waals surface area (Å²) >= 11 is 0. The van der Waals surface area contributed by atoms with Crippen LogP contribution in [0.25, 0.3) is 0 Å². The molecule has 1 rings (SSSR count). The van der Waals surface area contributed by atoms with Crippen LogP contribution in [0.1, 0.15) is 46.5 Å². The molecule has 1 heterocycles.